The van der Waals surface area contributed by atoms with E-state index in [-0.39, 0.29) is 5.56 Å². The van der Waals surface area contributed by atoms with Crippen LogP contribution < -0.4 is 5.56 Å². The molecule has 3 nitrogen and oxygen atoms in total. The zero-order chi connectivity index (χ0) is 13.1. The summed E-state index contributed by atoms with van der Waals surface area (Å²) in [6.07, 6.45) is 7.16. The largest absolute Gasteiger partial charge is 0.319 e. The van der Waals surface area contributed by atoms with Crippen LogP contribution in [0.15, 0.2) is 23.1 Å². The van der Waals surface area contributed by atoms with E-state index in [0.717, 1.165) is 18.0 Å². The van der Waals surface area contributed by atoms with Crippen molar-refractivity contribution in [1.82, 2.24) is 9.47 Å². The van der Waals surface area contributed by atoms with Crippen LogP contribution in [-0.4, -0.2) is 22.6 Å². The van der Waals surface area contributed by atoms with E-state index in [1.165, 1.54) is 25.7 Å². The normalized spacial score (nSPS) is 24.4. The lowest BCUT2D eigenvalue weighted by Gasteiger charge is -2.34. The Morgan fingerprint density at radius 1 is 1.44 bits per heavy atom. The molecule has 100 valence electrons. The minimum absolute atomic E-state index is 0.0814. The van der Waals surface area contributed by atoms with Gasteiger partial charge in [-0.05, 0) is 37.4 Å². The van der Waals surface area contributed by atoms with Crippen molar-refractivity contribution in [1.29, 1.82) is 0 Å². The number of aromatic nitrogens is 1. The van der Waals surface area contributed by atoms with Crippen molar-refractivity contribution in [3.05, 3.63) is 34.2 Å². The van der Waals surface area contributed by atoms with E-state index >= 15 is 0 Å². The first-order valence-corrected chi connectivity index (χ1v) is 6.92. The third kappa shape index (κ3) is 3.22. The van der Waals surface area contributed by atoms with Crippen LogP contribution >= 0.6 is 0 Å². The van der Waals surface area contributed by atoms with Gasteiger partial charge in [0.25, 0.3) is 5.56 Å². The number of pyridine rings is 1. The maximum Gasteiger partial charge on any atom is 0.250 e. The lowest BCUT2D eigenvalue weighted by atomic mass is 9.86. The van der Waals surface area contributed by atoms with Crippen LogP contribution in [0, 0.1) is 5.92 Å². The minimum Gasteiger partial charge on any atom is -0.319 e. The molecule has 1 aromatic rings. The van der Waals surface area contributed by atoms with Crippen LogP contribution in [0.2, 0.25) is 0 Å². The van der Waals surface area contributed by atoms with Crippen LogP contribution in [0.5, 0.6) is 0 Å². The Labute approximate surface area is 109 Å². The summed E-state index contributed by atoms with van der Waals surface area (Å²) in [7, 11) is 3.97. The number of rotatable bonds is 3. The van der Waals surface area contributed by atoms with Crippen molar-refractivity contribution in [2.24, 2.45) is 13.0 Å². The molecule has 2 unspecified atom stereocenters. The summed E-state index contributed by atoms with van der Waals surface area (Å²) in [5, 5.41) is 0. The molecular formula is C15H24N2O. The molecule has 0 aliphatic heterocycles. The van der Waals surface area contributed by atoms with E-state index in [4.69, 9.17) is 0 Å². The molecule has 0 aromatic carbocycles. The monoisotopic (exact) mass is 248 g/mol. The molecule has 3 heteroatoms. The van der Waals surface area contributed by atoms with Gasteiger partial charge in [-0.1, -0.05) is 19.8 Å². The molecule has 1 heterocycles. The molecule has 1 aliphatic carbocycles. The Hall–Kier alpha value is -1.09. The molecular weight excluding hydrogens is 224 g/mol. The first-order chi connectivity index (χ1) is 8.56. The fraction of sp³-hybridized carbons (Fsp3) is 0.667. The van der Waals surface area contributed by atoms with Crippen LogP contribution in [0.3, 0.4) is 0 Å². The highest BCUT2D eigenvalue weighted by atomic mass is 16.1. The molecule has 18 heavy (non-hydrogen) atoms. The van der Waals surface area contributed by atoms with Crippen molar-refractivity contribution in [3.8, 4) is 0 Å². The number of hydrogen-bond donors (Lipinski definition) is 0. The Balaban J connectivity index is 1.99. The topological polar surface area (TPSA) is 25.2 Å². The van der Waals surface area contributed by atoms with Crippen molar-refractivity contribution >= 4 is 0 Å². The van der Waals surface area contributed by atoms with Crippen molar-refractivity contribution < 1.29 is 0 Å². The summed E-state index contributed by atoms with van der Waals surface area (Å²) in [4.78, 5) is 14.0. The van der Waals surface area contributed by atoms with Gasteiger partial charge in [0.2, 0.25) is 0 Å². The van der Waals surface area contributed by atoms with Gasteiger partial charge in [0, 0.05) is 31.9 Å². The highest BCUT2D eigenvalue weighted by Gasteiger charge is 2.22. The fourth-order valence-corrected chi connectivity index (χ4v) is 2.91. The number of aryl methyl sites for hydroxylation is 1. The Bertz CT molecular complexity index is 452. The van der Waals surface area contributed by atoms with Gasteiger partial charge in [-0.3, -0.25) is 9.69 Å². The third-order valence-corrected chi connectivity index (χ3v) is 4.13. The number of nitrogens with zero attached hydrogens (tertiary/aromatic N) is 2. The van der Waals surface area contributed by atoms with Crippen molar-refractivity contribution in [2.45, 2.75) is 45.2 Å². The van der Waals surface area contributed by atoms with Gasteiger partial charge in [-0.25, -0.2) is 0 Å². The molecule has 0 saturated heterocycles. The van der Waals surface area contributed by atoms with Crippen molar-refractivity contribution in [3.63, 3.8) is 0 Å². The molecule has 1 aliphatic rings. The molecule has 1 aromatic heterocycles. The molecule has 1 saturated carbocycles. The summed E-state index contributed by atoms with van der Waals surface area (Å²) < 4.78 is 1.62. The predicted octanol–water partition coefficient (Wildman–Crippen LogP) is 2.40. The van der Waals surface area contributed by atoms with E-state index < -0.39 is 0 Å². The molecule has 1 fully saturated rings. The summed E-state index contributed by atoms with van der Waals surface area (Å²) in [5.41, 5.74) is 1.21. The van der Waals surface area contributed by atoms with Gasteiger partial charge in [0.15, 0.2) is 0 Å². The molecule has 0 radical (unpaired) electrons. The Morgan fingerprint density at radius 3 is 2.89 bits per heavy atom. The minimum atomic E-state index is 0.0814. The van der Waals surface area contributed by atoms with Gasteiger partial charge in [0.05, 0.1) is 0 Å². The second kappa shape index (κ2) is 5.70. The van der Waals surface area contributed by atoms with Gasteiger partial charge >= 0.3 is 0 Å². The van der Waals surface area contributed by atoms with E-state index in [1.54, 1.807) is 17.7 Å². The SMILES string of the molecule is CC1CCCC(N(C)Cc2ccn(C)c(=O)c2)C1. The fourth-order valence-electron chi connectivity index (χ4n) is 2.91. The second-order valence-corrected chi connectivity index (χ2v) is 5.82. The number of hydrogen-bond acceptors (Lipinski definition) is 2. The lowest BCUT2D eigenvalue weighted by molar-refractivity contribution is 0.157. The molecule has 0 N–H and O–H groups in total. The Kier molecular flexibility index (Phi) is 4.23. The molecule has 0 spiro atoms. The van der Waals surface area contributed by atoms with Gasteiger partial charge in [-0.2, -0.15) is 0 Å². The standard InChI is InChI=1S/C15H24N2O/c1-12-5-4-6-14(9-12)17(3)11-13-7-8-16(2)15(18)10-13/h7-8,10,12,14H,4-6,9,11H2,1-3H3. The van der Waals surface area contributed by atoms with Crippen LogP contribution in [0.4, 0.5) is 0 Å². The maximum absolute atomic E-state index is 11.6. The molecule has 0 bridgehead atoms. The van der Waals surface area contributed by atoms with Gasteiger partial charge in [0.1, 0.15) is 0 Å². The zero-order valence-corrected chi connectivity index (χ0v) is 11.7. The van der Waals surface area contributed by atoms with E-state index in [1.807, 2.05) is 12.3 Å². The van der Waals surface area contributed by atoms with E-state index in [2.05, 4.69) is 18.9 Å². The summed E-state index contributed by atoms with van der Waals surface area (Å²) in [6.45, 7) is 3.23. The first-order valence-electron chi connectivity index (χ1n) is 6.92. The third-order valence-electron chi connectivity index (χ3n) is 4.13. The first kappa shape index (κ1) is 13.3. The van der Waals surface area contributed by atoms with Gasteiger partial charge in [-0.15, -0.1) is 0 Å². The summed E-state index contributed by atoms with van der Waals surface area (Å²) in [6, 6.07) is 4.48. The zero-order valence-electron chi connectivity index (χ0n) is 11.7. The van der Waals surface area contributed by atoms with Crippen LogP contribution in [0.1, 0.15) is 38.2 Å². The highest BCUT2D eigenvalue weighted by molar-refractivity contribution is 5.10. The average Bonchev–Trinajstić information content (AvgIpc) is 2.34. The second-order valence-electron chi connectivity index (χ2n) is 5.82. The smallest absolute Gasteiger partial charge is 0.250 e. The van der Waals surface area contributed by atoms with Gasteiger partial charge < -0.3 is 4.57 Å². The predicted molar refractivity (Wildman–Crippen MR) is 74.6 cm³/mol. The molecule has 2 rings (SSSR count). The van der Waals surface area contributed by atoms with Crippen LogP contribution in [0.25, 0.3) is 0 Å². The molecule has 2 atom stereocenters. The van der Waals surface area contributed by atoms with Crippen molar-refractivity contribution in [2.75, 3.05) is 7.05 Å². The highest BCUT2D eigenvalue weighted by Crippen LogP contribution is 2.27. The van der Waals surface area contributed by atoms with E-state index in [0.29, 0.717) is 6.04 Å². The summed E-state index contributed by atoms with van der Waals surface area (Å²) in [5.74, 6) is 0.842. The molecule has 0 amide bonds. The lowest BCUT2D eigenvalue weighted by Crippen LogP contribution is -2.35. The van der Waals surface area contributed by atoms with Crippen LogP contribution in [-0.2, 0) is 13.6 Å². The quantitative estimate of drug-likeness (QED) is 0.820. The maximum atomic E-state index is 11.6. The van der Waals surface area contributed by atoms with E-state index in [9.17, 15) is 4.79 Å². The average molecular weight is 248 g/mol. The Morgan fingerprint density at radius 2 is 2.22 bits per heavy atom. The summed E-state index contributed by atoms with van der Waals surface area (Å²) >= 11 is 0.